The van der Waals surface area contributed by atoms with Crippen molar-refractivity contribution >= 4 is 15.7 Å². The largest absolute Gasteiger partial charge is 0.372 e. The lowest BCUT2D eigenvalue weighted by Gasteiger charge is -2.17. The number of hydrogen-bond acceptors (Lipinski definition) is 3. The lowest BCUT2D eigenvalue weighted by atomic mass is 10.1. The number of anilines is 1. The number of unbranched alkanes of at least 4 members (excludes halogenated alkanes) is 1. The van der Waals surface area contributed by atoms with Gasteiger partial charge >= 0.3 is 0 Å². The van der Waals surface area contributed by atoms with Crippen LogP contribution in [0.4, 0.5) is 5.69 Å². The third-order valence-electron chi connectivity index (χ3n) is 3.91. The van der Waals surface area contributed by atoms with Crippen LogP contribution in [0.25, 0.3) is 0 Å². The molecule has 1 aromatic rings. The van der Waals surface area contributed by atoms with Gasteiger partial charge in [-0.05, 0) is 43.4 Å². The molecule has 1 aliphatic heterocycles. The highest BCUT2D eigenvalue weighted by Gasteiger charge is 2.12. The van der Waals surface area contributed by atoms with Crippen LogP contribution in [-0.4, -0.2) is 33.8 Å². The van der Waals surface area contributed by atoms with Gasteiger partial charge in [0.15, 0.2) is 0 Å². The summed E-state index contributed by atoms with van der Waals surface area (Å²) in [4.78, 5) is 2.40. The highest BCUT2D eigenvalue weighted by molar-refractivity contribution is 7.89. The maximum absolute atomic E-state index is 11.7. The van der Waals surface area contributed by atoms with Crippen molar-refractivity contribution in [2.24, 2.45) is 0 Å². The molecule has 1 saturated heterocycles. The zero-order valence-electron chi connectivity index (χ0n) is 12.8. The Balaban J connectivity index is 1.78. The number of hydrogen-bond donors (Lipinski definition) is 1. The molecule has 0 unspecified atom stereocenters. The van der Waals surface area contributed by atoms with E-state index in [0.717, 1.165) is 32.4 Å². The SMILES string of the molecule is CCCCS(=O)(=O)NCCc1ccc(N2CCCC2)cc1. The molecule has 1 aromatic carbocycles. The van der Waals surface area contributed by atoms with Crippen molar-refractivity contribution in [3.05, 3.63) is 29.8 Å². The molecular weight excluding hydrogens is 284 g/mol. The minimum atomic E-state index is -3.09. The van der Waals surface area contributed by atoms with E-state index in [2.05, 4.69) is 33.9 Å². The van der Waals surface area contributed by atoms with E-state index in [9.17, 15) is 8.42 Å². The quantitative estimate of drug-likeness (QED) is 0.803. The summed E-state index contributed by atoms with van der Waals surface area (Å²) in [6.45, 7) is 4.78. The van der Waals surface area contributed by atoms with E-state index >= 15 is 0 Å². The van der Waals surface area contributed by atoms with Crippen LogP contribution < -0.4 is 9.62 Å². The Bertz CT molecular complexity index is 520. The smallest absolute Gasteiger partial charge is 0.211 e. The summed E-state index contributed by atoms with van der Waals surface area (Å²) < 4.78 is 26.1. The predicted octanol–water partition coefficient (Wildman–Crippen LogP) is 2.55. The average molecular weight is 310 g/mol. The van der Waals surface area contributed by atoms with Gasteiger partial charge in [-0.25, -0.2) is 13.1 Å². The van der Waals surface area contributed by atoms with Gasteiger partial charge in [-0.3, -0.25) is 0 Å². The minimum absolute atomic E-state index is 0.234. The van der Waals surface area contributed by atoms with Crippen molar-refractivity contribution in [2.45, 2.75) is 39.0 Å². The number of rotatable bonds is 8. The molecule has 1 fully saturated rings. The molecule has 1 N–H and O–H groups in total. The Kier molecular flexibility index (Phi) is 6.06. The Morgan fingerprint density at radius 1 is 1.14 bits per heavy atom. The number of benzene rings is 1. The summed E-state index contributed by atoms with van der Waals surface area (Å²) >= 11 is 0. The van der Waals surface area contributed by atoms with Crippen LogP contribution in [0, 0.1) is 0 Å². The Morgan fingerprint density at radius 3 is 2.43 bits per heavy atom. The first-order valence-electron chi connectivity index (χ1n) is 7.92. The fourth-order valence-corrected chi connectivity index (χ4v) is 3.83. The van der Waals surface area contributed by atoms with E-state index in [1.807, 2.05) is 6.92 Å². The molecule has 0 bridgehead atoms. The van der Waals surface area contributed by atoms with Crippen LogP contribution in [0.3, 0.4) is 0 Å². The number of nitrogens with zero attached hydrogens (tertiary/aromatic N) is 1. The first-order chi connectivity index (χ1) is 10.1. The Labute approximate surface area is 128 Å². The van der Waals surface area contributed by atoms with Gasteiger partial charge in [0.2, 0.25) is 10.0 Å². The zero-order chi connectivity index (χ0) is 15.1. The van der Waals surface area contributed by atoms with Gasteiger partial charge in [-0.2, -0.15) is 0 Å². The van der Waals surface area contributed by atoms with Crippen molar-refractivity contribution in [1.29, 1.82) is 0 Å². The topological polar surface area (TPSA) is 49.4 Å². The molecule has 21 heavy (non-hydrogen) atoms. The van der Waals surface area contributed by atoms with Crippen molar-refractivity contribution in [3.8, 4) is 0 Å². The normalized spacial score (nSPS) is 15.6. The van der Waals surface area contributed by atoms with Crippen LogP contribution in [0.5, 0.6) is 0 Å². The molecule has 0 radical (unpaired) electrons. The molecule has 5 heteroatoms. The molecule has 4 nitrogen and oxygen atoms in total. The molecule has 0 saturated carbocycles. The van der Waals surface area contributed by atoms with Crippen LogP contribution in [0.2, 0.25) is 0 Å². The van der Waals surface area contributed by atoms with Crippen LogP contribution in [0.1, 0.15) is 38.2 Å². The van der Waals surface area contributed by atoms with Crippen LogP contribution >= 0.6 is 0 Å². The molecule has 0 atom stereocenters. The second-order valence-electron chi connectivity index (χ2n) is 5.68. The molecule has 0 aromatic heterocycles. The summed E-state index contributed by atoms with van der Waals surface area (Å²) in [6, 6.07) is 8.50. The van der Waals surface area contributed by atoms with Gasteiger partial charge in [0.1, 0.15) is 0 Å². The van der Waals surface area contributed by atoms with Crippen molar-refractivity contribution in [1.82, 2.24) is 4.72 Å². The van der Waals surface area contributed by atoms with Gasteiger partial charge < -0.3 is 4.90 Å². The van der Waals surface area contributed by atoms with Gasteiger partial charge in [0.25, 0.3) is 0 Å². The zero-order valence-corrected chi connectivity index (χ0v) is 13.7. The van der Waals surface area contributed by atoms with E-state index in [-0.39, 0.29) is 5.75 Å². The minimum Gasteiger partial charge on any atom is -0.372 e. The number of sulfonamides is 1. The summed E-state index contributed by atoms with van der Waals surface area (Å²) in [5, 5.41) is 0. The first-order valence-corrected chi connectivity index (χ1v) is 9.57. The summed E-state index contributed by atoms with van der Waals surface area (Å²) in [7, 11) is -3.09. The third-order valence-corrected chi connectivity index (χ3v) is 5.38. The number of nitrogens with one attached hydrogen (secondary N) is 1. The van der Waals surface area contributed by atoms with Gasteiger partial charge in [0.05, 0.1) is 5.75 Å². The van der Waals surface area contributed by atoms with Gasteiger partial charge in [-0.1, -0.05) is 25.5 Å². The van der Waals surface area contributed by atoms with E-state index in [1.54, 1.807) is 0 Å². The maximum atomic E-state index is 11.7. The highest BCUT2D eigenvalue weighted by Crippen LogP contribution is 2.20. The van der Waals surface area contributed by atoms with Crippen molar-refractivity contribution in [3.63, 3.8) is 0 Å². The van der Waals surface area contributed by atoms with Crippen LogP contribution in [-0.2, 0) is 16.4 Å². The first kappa shape index (κ1) is 16.3. The Morgan fingerprint density at radius 2 is 1.81 bits per heavy atom. The highest BCUT2D eigenvalue weighted by atomic mass is 32.2. The molecule has 1 heterocycles. The van der Waals surface area contributed by atoms with Crippen molar-refractivity contribution in [2.75, 3.05) is 30.3 Å². The molecule has 118 valence electrons. The average Bonchev–Trinajstić information content (AvgIpc) is 3.00. The monoisotopic (exact) mass is 310 g/mol. The maximum Gasteiger partial charge on any atom is 0.211 e. The molecule has 1 aliphatic rings. The molecule has 0 amide bonds. The van der Waals surface area contributed by atoms with E-state index < -0.39 is 10.0 Å². The summed E-state index contributed by atoms with van der Waals surface area (Å²) in [5.74, 6) is 0.234. The predicted molar refractivity (Wildman–Crippen MR) is 88.3 cm³/mol. The lowest BCUT2D eigenvalue weighted by molar-refractivity contribution is 0.578. The third kappa shape index (κ3) is 5.32. The van der Waals surface area contributed by atoms with Crippen LogP contribution in [0.15, 0.2) is 24.3 Å². The fraction of sp³-hybridized carbons (Fsp3) is 0.625. The summed E-state index contributed by atoms with van der Waals surface area (Å²) in [5.41, 5.74) is 2.45. The molecule has 0 spiro atoms. The second kappa shape index (κ2) is 7.80. The van der Waals surface area contributed by atoms with E-state index in [4.69, 9.17) is 0 Å². The van der Waals surface area contributed by atoms with Gasteiger partial charge in [0, 0.05) is 25.3 Å². The fourth-order valence-electron chi connectivity index (χ4n) is 2.61. The van der Waals surface area contributed by atoms with Crippen molar-refractivity contribution < 1.29 is 8.42 Å². The van der Waals surface area contributed by atoms with E-state index in [1.165, 1.54) is 24.1 Å². The lowest BCUT2D eigenvalue weighted by Crippen LogP contribution is -2.28. The summed E-state index contributed by atoms with van der Waals surface area (Å²) in [6.07, 6.45) is 4.92. The Hall–Kier alpha value is -1.07. The van der Waals surface area contributed by atoms with Gasteiger partial charge in [-0.15, -0.1) is 0 Å². The van der Waals surface area contributed by atoms with E-state index in [0.29, 0.717) is 6.54 Å². The second-order valence-corrected chi connectivity index (χ2v) is 7.60. The molecule has 2 rings (SSSR count). The molecular formula is C16H26N2O2S. The standard InChI is InChI=1S/C16H26N2O2S/c1-2-3-14-21(19,20)17-11-10-15-6-8-16(9-7-15)18-12-4-5-13-18/h6-9,17H,2-5,10-14H2,1H3. The molecule has 0 aliphatic carbocycles.